The van der Waals surface area contributed by atoms with Gasteiger partial charge in [-0.1, -0.05) is 143 Å². The Bertz CT molecular complexity index is 1680. The molecule has 6 aromatic rings. The van der Waals surface area contributed by atoms with E-state index in [4.69, 9.17) is 0 Å². The first-order valence-electron chi connectivity index (χ1n) is 12.3. The molecule has 0 fully saturated rings. The highest BCUT2D eigenvalue weighted by Crippen LogP contribution is 2.59. The maximum absolute atomic E-state index is 3.61. The molecule has 0 heterocycles. The van der Waals surface area contributed by atoms with Crippen LogP contribution in [-0.2, 0) is 5.41 Å². The number of rotatable bonds is 3. The Morgan fingerprint density at radius 1 is 0.472 bits per heavy atom. The number of hydrogen-bond donors (Lipinski definition) is 0. The summed E-state index contributed by atoms with van der Waals surface area (Å²) in [4.78, 5) is 0. The number of halogens is 1. The second-order valence-electron chi connectivity index (χ2n) is 9.43. The summed E-state index contributed by atoms with van der Waals surface area (Å²) >= 11 is 3.61. The van der Waals surface area contributed by atoms with E-state index >= 15 is 0 Å². The highest BCUT2D eigenvalue weighted by atomic mass is 79.9. The van der Waals surface area contributed by atoms with Gasteiger partial charge in [0.05, 0.1) is 5.41 Å². The van der Waals surface area contributed by atoms with Gasteiger partial charge in [-0.05, 0) is 67.4 Å². The van der Waals surface area contributed by atoms with E-state index in [9.17, 15) is 0 Å². The summed E-state index contributed by atoms with van der Waals surface area (Å²) in [7, 11) is 0. The topological polar surface area (TPSA) is 0 Å². The van der Waals surface area contributed by atoms with E-state index in [2.05, 4.69) is 155 Å². The maximum Gasteiger partial charge on any atom is 0.0719 e. The van der Waals surface area contributed by atoms with Crippen LogP contribution >= 0.6 is 15.9 Å². The lowest BCUT2D eigenvalue weighted by atomic mass is 9.66. The molecule has 6 aromatic carbocycles. The molecule has 0 aliphatic heterocycles. The van der Waals surface area contributed by atoms with E-state index in [0.29, 0.717) is 0 Å². The van der Waals surface area contributed by atoms with Gasteiger partial charge in [-0.2, -0.15) is 0 Å². The summed E-state index contributed by atoms with van der Waals surface area (Å²) < 4.78 is 1.09. The van der Waals surface area contributed by atoms with E-state index in [1.807, 2.05) is 0 Å². The lowest BCUT2D eigenvalue weighted by molar-refractivity contribution is 0.775. The second-order valence-corrected chi connectivity index (χ2v) is 10.3. The number of fused-ring (bicyclic) bond motifs is 5. The minimum Gasteiger partial charge on any atom is -0.0622 e. The monoisotopic (exact) mass is 522 g/mol. The third kappa shape index (κ3) is 3.00. The van der Waals surface area contributed by atoms with Crippen molar-refractivity contribution in [1.29, 1.82) is 0 Å². The van der Waals surface area contributed by atoms with Crippen LogP contribution in [0.5, 0.6) is 0 Å². The highest BCUT2D eigenvalue weighted by molar-refractivity contribution is 9.10. The molecule has 0 radical (unpaired) electrons. The van der Waals surface area contributed by atoms with Gasteiger partial charge in [0.15, 0.2) is 0 Å². The van der Waals surface area contributed by atoms with Crippen LogP contribution in [0.15, 0.2) is 144 Å². The zero-order valence-corrected chi connectivity index (χ0v) is 21.2. The lowest BCUT2D eigenvalue weighted by Crippen LogP contribution is -2.28. The summed E-state index contributed by atoms with van der Waals surface area (Å²) in [6.07, 6.45) is 0. The van der Waals surface area contributed by atoms with Crippen LogP contribution in [0.4, 0.5) is 0 Å². The number of hydrogen-bond acceptors (Lipinski definition) is 0. The Kier molecular flexibility index (Phi) is 4.94. The normalized spacial score (nSPS) is 13.4. The maximum atomic E-state index is 3.61. The van der Waals surface area contributed by atoms with E-state index in [1.165, 1.54) is 55.3 Å². The molecule has 0 aromatic heterocycles. The fourth-order valence-electron chi connectivity index (χ4n) is 6.19. The van der Waals surface area contributed by atoms with Crippen LogP contribution < -0.4 is 0 Å². The summed E-state index contributed by atoms with van der Waals surface area (Å²) in [5.74, 6) is 0. The van der Waals surface area contributed by atoms with E-state index in [-0.39, 0.29) is 0 Å². The van der Waals surface area contributed by atoms with Crippen LogP contribution in [0.1, 0.15) is 22.3 Å². The molecule has 0 nitrogen and oxygen atoms in total. The fraction of sp³-hybridized carbons (Fsp3) is 0.0286. The molecule has 0 N–H and O–H groups in total. The Morgan fingerprint density at radius 3 is 1.81 bits per heavy atom. The van der Waals surface area contributed by atoms with Gasteiger partial charge in [-0.3, -0.25) is 0 Å². The predicted molar refractivity (Wildman–Crippen MR) is 154 cm³/mol. The van der Waals surface area contributed by atoms with Crippen molar-refractivity contribution in [1.82, 2.24) is 0 Å². The van der Waals surface area contributed by atoms with E-state index in [0.717, 1.165) is 4.47 Å². The molecular formula is C35H23Br. The summed E-state index contributed by atoms with van der Waals surface area (Å²) in [5, 5.41) is 2.58. The predicted octanol–water partition coefficient (Wildman–Crippen LogP) is 9.63. The third-order valence-corrected chi connectivity index (χ3v) is 8.14. The molecule has 1 aliphatic carbocycles. The van der Waals surface area contributed by atoms with Gasteiger partial charge >= 0.3 is 0 Å². The zero-order valence-electron chi connectivity index (χ0n) is 19.7. The van der Waals surface area contributed by atoms with E-state index in [1.54, 1.807) is 0 Å². The number of benzene rings is 6. The van der Waals surface area contributed by atoms with Gasteiger partial charge < -0.3 is 0 Å². The van der Waals surface area contributed by atoms with Crippen LogP contribution in [0, 0.1) is 0 Å². The first-order chi connectivity index (χ1) is 17.8. The first-order valence-corrected chi connectivity index (χ1v) is 13.1. The molecule has 0 spiro atoms. The molecule has 0 atom stereocenters. The van der Waals surface area contributed by atoms with Crippen molar-refractivity contribution in [3.8, 4) is 22.3 Å². The fourth-order valence-corrected chi connectivity index (χ4v) is 6.45. The van der Waals surface area contributed by atoms with Gasteiger partial charge in [0.1, 0.15) is 0 Å². The molecule has 170 valence electrons. The van der Waals surface area contributed by atoms with Crippen LogP contribution in [0.3, 0.4) is 0 Å². The molecule has 0 saturated carbocycles. The van der Waals surface area contributed by atoms with Gasteiger partial charge in [0.25, 0.3) is 0 Å². The average molecular weight is 523 g/mol. The van der Waals surface area contributed by atoms with Crippen LogP contribution in [-0.4, -0.2) is 0 Å². The Labute approximate surface area is 220 Å². The quantitative estimate of drug-likeness (QED) is 0.216. The standard InChI is InChI=1S/C35H23Br/c36-28-21-18-25(19-22-28)29-16-9-17-32-33(29)31-23-20-24-10-7-8-15-30(24)34(31)35(32,26-11-3-1-4-12-26)27-13-5-2-6-14-27/h1-23H. The molecule has 0 amide bonds. The summed E-state index contributed by atoms with van der Waals surface area (Å²) in [5.41, 5.74) is 10.0. The van der Waals surface area contributed by atoms with Gasteiger partial charge in [-0.15, -0.1) is 0 Å². The zero-order chi connectivity index (χ0) is 24.1. The van der Waals surface area contributed by atoms with Gasteiger partial charge in [-0.25, -0.2) is 0 Å². The third-order valence-electron chi connectivity index (χ3n) is 7.61. The van der Waals surface area contributed by atoms with Crippen molar-refractivity contribution >= 4 is 26.7 Å². The Balaban J connectivity index is 1.70. The highest BCUT2D eigenvalue weighted by Gasteiger charge is 2.47. The van der Waals surface area contributed by atoms with Crippen LogP contribution in [0.2, 0.25) is 0 Å². The Hall–Kier alpha value is -3.94. The van der Waals surface area contributed by atoms with Crippen molar-refractivity contribution in [2.45, 2.75) is 5.41 Å². The molecule has 1 aliphatic rings. The minimum absolute atomic E-state index is 0.417. The van der Waals surface area contributed by atoms with E-state index < -0.39 is 5.41 Å². The van der Waals surface area contributed by atoms with Crippen molar-refractivity contribution in [2.75, 3.05) is 0 Å². The smallest absolute Gasteiger partial charge is 0.0622 e. The molecule has 0 bridgehead atoms. The summed E-state index contributed by atoms with van der Waals surface area (Å²) in [6.45, 7) is 0. The van der Waals surface area contributed by atoms with Crippen molar-refractivity contribution in [3.63, 3.8) is 0 Å². The minimum atomic E-state index is -0.417. The molecule has 0 saturated heterocycles. The molecular weight excluding hydrogens is 500 g/mol. The molecule has 0 unspecified atom stereocenters. The SMILES string of the molecule is Brc1ccc(-c2cccc3c2-c2ccc4ccccc4c2C3(c2ccccc2)c2ccccc2)cc1. The molecule has 7 rings (SSSR count). The molecule has 1 heteroatoms. The lowest BCUT2D eigenvalue weighted by Gasteiger charge is -2.34. The van der Waals surface area contributed by atoms with Crippen molar-refractivity contribution in [2.24, 2.45) is 0 Å². The Morgan fingerprint density at radius 2 is 1.11 bits per heavy atom. The van der Waals surface area contributed by atoms with Crippen molar-refractivity contribution < 1.29 is 0 Å². The summed E-state index contributed by atoms with van der Waals surface area (Å²) in [6, 6.07) is 51.0. The largest absolute Gasteiger partial charge is 0.0719 e. The average Bonchev–Trinajstić information content (AvgIpc) is 3.26. The molecule has 36 heavy (non-hydrogen) atoms. The van der Waals surface area contributed by atoms with Crippen molar-refractivity contribution in [3.05, 3.63) is 166 Å². The van der Waals surface area contributed by atoms with Gasteiger partial charge in [0.2, 0.25) is 0 Å². The van der Waals surface area contributed by atoms with Gasteiger partial charge in [0, 0.05) is 4.47 Å². The van der Waals surface area contributed by atoms with Crippen LogP contribution in [0.25, 0.3) is 33.0 Å². The second kappa shape index (κ2) is 8.33. The first kappa shape index (κ1) is 21.4.